The number of nitrogens with zero attached hydrogens (tertiary/aromatic N) is 2. The van der Waals surface area contributed by atoms with Crippen LogP contribution in [-0.2, 0) is 9.59 Å². The minimum absolute atomic E-state index is 0.0498. The van der Waals surface area contributed by atoms with E-state index in [1.54, 1.807) is 48.8 Å². The summed E-state index contributed by atoms with van der Waals surface area (Å²) in [5, 5.41) is 11.7. The van der Waals surface area contributed by atoms with Crippen LogP contribution in [0, 0.1) is 20.8 Å². The number of Topliss-reactive ketones (excluding diaryl/α,β-unsaturated/α-hetero) is 1. The van der Waals surface area contributed by atoms with Crippen molar-refractivity contribution < 1.29 is 14.7 Å². The smallest absolute Gasteiger partial charge is 0.300 e. The molecule has 1 N–H and O–H groups in total. The van der Waals surface area contributed by atoms with Crippen molar-refractivity contribution in [3.63, 3.8) is 0 Å². The number of benzene rings is 2. The molecule has 1 unspecified atom stereocenters. The van der Waals surface area contributed by atoms with Crippen molar-refractivity contribution in [3.05, 3.63) is 99.3 Å². The second-order valence-corrected chi connectivity index (χ2v) is 8.12. The molecule has 5 nitrogen and oxygen atoms in total. The summed E-state index contributed by atoms with van der Waals surface area (Å²) < 4.78 is 0. The number of pyridine rings is 1. The molecule has 0 radical (unpaired) electrons. The summed E-state index contributed by atoms with van der Waals surface area (Å²) >= 11 is 6.10. The average Bonchev–Trinajstić information content (AvgIpc) is 3.01. The van der Waals surface area contributed by atoms with Crippen molar-refractivity contribution >= 4 is 34.7 Å². The molecule has 31 heavy (non-hydrogen) atoms. The summed E-state index contributed by atoms with van der Waals surface area (Å²) in [6, 6.07) is 13.3. The summed E-state index contributed by atoms with van der Waals surface area (Å²) in [6.07, 6.45) is 3.19. The van der Waals surface area contributed by atoms with Gasteiger partial charge in [0.1, 0.15) is 5.76 Å². The van der Waals surface area contributed by atoms with Gasteiger partial charge in [-0.2, -0.15) is 0 Å². The number of aromatic nitrogens is 1. The minimum atomic E-state index is -0.788. The first-order valence-electron chi connectivity index (χ1n) is 9.84. The highest BCUT2D eigenvalue weighted by atomic mass is 35.5. The van der Waals surface area contributed by atoms with Crippen LogP contribution in [0.15, 0.2) is 66.5 Å². The van der Waals surface area contributed by atoms with E-state index < -0.39 is 17.7 Å². The normalized spacial score (nSPS) is 17.9. The molecular formula is C25H21ClN2O3. The molecule has 1 saturated heterocycles. The first-order chi connectivity index (χ1) is 14.8. The first-order valence-corrected chi connectivity index (χ1v) is 10.2. The molecule has 0 spiro atoms. The van der Waals surface area contributed by atoms with Crippen LogP contribution in [0.5, 0.6) is 0 Å². The Morgan fingerprint density at radius 1 is 0.935 bits per heavy atom. The van der Waals surface area contributed by atoms with E-state index in [0.29, 0.717) is 21.8 Å². The minimum Gasteiger partial charge on any atom is -0.507 e. The van der Waals surface area contributed by atoms with Crippen LogP contribution in [-0.4, -0.2) is 21.8 Å². The van der Waals surface area contributed by atoms with Crippen LogP contribution in [0.3, 0.4) is 0 Å². The lowest BCUT2D eigenvalue weighted by Crippen LogP contribution is -2.30. The average molecular weight is 433 g/mol. The zero-order chi connectivity index (χ0) is 22.3. The molecule has 0 saturated carbocycles. The molecule has 1 aromatic heterocycles. The number of hydrogen-bond acceptors (Lipinski definition) is 4. The second kappa shape index (κ2) is 8.00. The van der Waals surface area contributed by atoms with Gasteiger partial charge in [-0.1, -0.05) is 23.7 Å². The van der Waals surface area contributed by atoms with Crippen molar-refractivity contribution in [2.45, 2.75) is 26.8 Å². The Bertz CT molecular complexity index is 1230. The zero-order valence-electron chi connectivity index (χ0n) is 17.4. The van der Waals surface area contributed by atoms with Crippen molar-refractivity contribution in [3.8, 4) is 0 Å². The van der Waals surface area contributed by atoms with Gasteiger partial charge < -0.3 is 5.11 Å². The van der Waals surface area contributed by atoms with Gasteiger partial charge in [0.05, 0.1) is 11.6 Å². The van der Waals surface area contributed by atoms with Gasteiger partial charge in [0.25, 0.3) is 11.7 Å². The molecule has 6 heteroatoms. The topological polar surface area (TPSA) is 70.5 Å². The van der Waals surface area contributed by atoms with E-state index in [1.165, 1.54) is 4.90 Å². The number of aliphatic hydroxyl groups is 1. The largest absolute Gasteiger partial charge is 0.507 e. The van der Waals surface area contributed by atoms with Gasteiger partial charge in [-0.15, -0.1) is 0 Å². The molecule has 2 aromatic carbocycles. The molecule has 1 fully saturated rings. The number of carbonyl (C=O) groups excluding carboxylic acids is 2. The Hall–Kier alpha value is -3.44. The molecule has 3 aromatic rings. The van der Waals surface area contributed by atoms with Crippen LogP contribution < -0.4 is 4.90 Å². The number of anilines is 1. The molecule has 0 aliphatic carbocycles. The Balaban J connectivity index is 1.97. The van der Waals surface area contributed by atoms with Crippen LogP contribution in [0.1, 0.15) is 33.9 Å². The van der Waals surface area contributed by atoms with E-state index in [4.69, 9.17) is 11.6 Å². The lowest BCUT2D eigenvalue weighted by atomic mass is 9.94. The van der Waals surface area contributed by atoms with E-state index in [1.807, 2.05) is 32.9 Å². The third-order valence-electron chi connectivity index (χ3n) is 5.66. The maximum atomic E-state index is 13.2. The fourth-order valence-corrected chi connectivity index (χ4v) is 4.10. The summed E-state index contributed by atoms with van der Waals surface area (Å²) in [4.78, 5) is 31.8. The van der Waals surface area contributed by atoms with E-state index in [9.17, 15) is 14.7 Å². The van der Waals surface area contributed by atoms with E-state index in [-0.39, 0.29) is 11.3 Å². The number of halogens is 1. The van der Waals surface area contributed by atoms with Gasteiger partial charge in [-0.05, 0) is 79.4 Å². The maximum Gasteiger partial charge on any atom is 0.300 e. The van der Waals surface area contributed by atoms with Gasteiger partial charge in [0.15, 0.2) is 0 Å². The van der Waals surface area contributed by atoms with Crippen molar-refractivity contribution in [2.24, 2.45) is 0 Å². The number of ketones is 1. The van der Waals surface area contributed by atoms with Crippen LogP contribution in [0.25, 0.3) is 5.76 Å². The molecule has 1 atom stereocenters. The maximum absolute atomic E-state index is 13.2. The van der Waals surface area contributed by atoms with Gasteiger partial charge in [0.2, 0.25) is 0 Å². The van der Waals surface area contributed by atoms with Crippen LogP contribution in [0.4, 0.5) is 5.69 Å². The number of carbonyl (C=O) groups is 2. The molecule has 2 heterocycles. The molecule has 4 rings (SSSR count). The standard InChI is InChI=1S/C25H21ClN2O3/c1-14-4-5-18(12-15(14)2)23(29)21-22(17-8-10-27-11-9-17)28(25(31)24(21)30)20-7-6-19(26)13-16(20)3/h4-13,22,29H,1-3H3/b23-21+. The Kier molecular flexibility index (Phi) is 5.38. The highest BCUT2D eigenvalue weighted by Crippen LogP contribution is 2.43. The van der Waals surface area contributed by atoms with Gasteiger partial charge in [0, 0.05) is 28.7 Å². The predicted molar refractivity (Wildman–Crippen MR) is 121 cm³/mol. The molecule has 1 aliphatic heterocycles. The molecule has 0 bridgehead atoms. The number of hydrogen-bond donors (Lipinski definition) is 1. The molecule has 156 valence electrons. The van der Waals surface area contributed by atoms with Crippen molar-refractivity contribution in [2.75, 3.05) is 4.90 Å². The number of amides is 1. The van der Waals surface area contributed by atoms with E-state index >= 15 is 0 Å². The quantitative estimate of drug-likeness (QED) is 0.347. The summed E-state index contributed by atoms with van der Waals surface area (Å²) in [6.45, 7) is 5.73. The molecule has 1 amide bonds. The zero-order valence-corrected chi connectivity index (χ0v) is 18.1. The van der Waals surface area contributed by atoms with Crippen LogP contribution >= 0.6 is 11.6 Å². The Labute approximate surface area is 185 Å². The predicted octanol–water partition coefficient (Wildman–Crippen LogP) is 5.29. The molecular weight excluding hydrogens is 412 g/mol. The first kappa shape index (κ1) is 20.8. The lowest BCUT2D eigenvalue weighted by Gasteiger charge is -2.26. The highest BCUT2D eigenvalue weighted by Gasteiger charge is 2.47. The van der Waals surface area contributed by atoms with Gasteiger partial charge in [-0.25, -0.2) is 0 Å². The third-order valence-corrected chi connectivity index (χ3v) is 5.90. The number of rotatable bonds is 3. The number of aryl methyl sites for hydroxylation is 3. The summed E-state index contributed by atoms with van der Waals surface area (Å²) in [5.74, 6) is -1.62. The summed E-state index contributed by atoms with van der Waals surface area (Å²) in [5.41, 5.74) is 4.58. The van der Waals surface area contributed by atoms with Gasteiger partial charge >= 0.3 is 0 Å². The van der Waals surface area contributed by atoms with Crippen molar-refractivity contribution in [1.29, 1.82) is 0 Å². The van der Waals surface area contributed by atoms with Crippen LogP contribution in [0.2, 0.25) is 5.02 Å². The monoisotopic (exact) mass is 432 g/mol. The fourth-order valence-electron chi connectivity index (χ4n) is 3.88. The Morgan fingerprint density at radius 3 is 2.29 bits per heavy atom. The van der Waals surface area contributed by atoms with E-state index in [2.05, 4.69) is 4.98 Å². The fraction of sp³-hybridized carbons (Fsp3) is 0.160. The summed E-state index contributed by atoms with van der Waals surface area (Å²) in [7, 11) is 0. The lowest BCUT2D eigenvalue weighted by molar-refractivity contribution is -0.132. The Morgan fingerprint density at radius 2 is 1.65 bits per heavy atom. The van der Waals surface area contributed by atoms with E-state index in [0.717, 1.165) is 16.7 Å². The third kappa shape index (κ3) is 3.62. The SMILES string of the molecule is Cc1ccc(/C(O)=C2\C(=O)C(=O)N(c3ccc(Cl)cc3C)C2c2ccncc2)cc1C. The molecule has 1 aliphatic rings. The highest BCUT2D eigenvalue weighted by molar-refractivity contribution is 6.51. The second-order valence-electron chi connectivity index (χ2n) is 7.68. The van der Waals surface area contributed by atoms with Gasteiger partial charge in [-0.3, -0.25) is 19.5 Å². The number of aliphatic hydroxyl groups excluding tert-OH is 1. The van der Waals surface area contributed by atoms with Crippen molar-refractivity contribution in [1.82, 2.24) is 4.98 Å².